The second-order valence-electron chi connectivity index (χ2n) is 3.96. The molecule has 2 aromatic heterocycles. The van der Waals surface area contributed by atoms with Crippen LogP contribution in [0.4, 0.5) is 0 Å². The molecule has 0 bridgehead atoms. The first-order valence-corrected chi connectivity index (χ1v) is 7.52. The number of nitrogens with one attached hydrogen (secondary N) is 1. The van der Waals surface area contributed by atoms with E-state index in [4.69, 9.17) is 5.73 Å². The molecule has 3 N–H and O–H groups in total. The number of thioether (sulfide) groups is 1. The molecule has 5 heteroatoms. The number of para-hydroxylation sites is 2. The van der Waals surface area contributed by atoms with Gasteiger partial charge >= 0.3 is 0 Å². The lowest BCUT2D eigenvalue weighted by Crippen LogP contribution is -2.08. The van der Waals surface area contributed by atoms with Gasteiger partial charge in [-0.3, -0.25) is 0 Å². The average Bonchev–Trinajstić information content (AvgIpc) is 3.04. The summed E-state index contributed by atoms with van der Waals surface area (Å²) < 4.78 is 0. The van der Waals surface area contributed by atoms with Gasteiger partial charge in [-0.2, -0.15) is 11.3 Å². The van der Waals surface area contributed by atoms with Gasteiger partial charge in [0.2, 0.25) is 0 Å². The van der Waals surface area contributed by atoms with Crippen molar-refractivity contribution >= 4 is 34.1 Å². The molecule has 92 valence electrons. The first kappa shape index (κ1) is 11.8. The molecule has 0 aliphatic rings. The monoisotopic (exact) mass is 275 g/mol. The fraction of sp³-hybridized carbons (Fsp3) is 0.154. The second kappa shape index (κ2) is 5.14. The van der Waals surface area contributed by atoms with Gasteiger partial charge in [-0.15, -0.1) is 0 Å². The van der Waals surface area contributed by atoms with E-state index >= 15 is 0 Å². The first-order valence-electron chi connectivity index (χ1n) is 5.70. The van der Waals surface area contributed by atoms with Crippen LogP contribution in [0, 0.1) is 0 Å². The third kappa shape index (κ3) is 2.29. The molecular weight excluding hydrogens is 262 g/mol. The smallest absolute Gasteiger partial charge is 0.167 e. The zero-order valence-corrected chi connectivity index (χ0v) is 11.3. The summed E-state index contributed by atoms with van der Waals surface area (Å²) in [6.07, 6.45) is 0. The second-order valence-corrected chi connectivity index (χ2v) is 5.93. The van der Waals surface area contributed by atoms with Gasteiger partial charge in [0.05, 0.1) is 16.3 Å². The minimum atomic E-state index is 0.261. The normalized spacial score (nSPS) is 12.9. The highest BCUT2D eigenvalue weighted by molar-refractivity contribution is 7.99. The molecule has 0 saturated carbocycles. The number of H-pyrrole nitrogens is 1. The maximum absolute atomic E-state index is 5.85. The SMILES string of the molecule is NCC(Sc1nc2ccccc2[nH]1)c1ccsc1. The van der Waals surface area contributed by atoms with Crippen molar-refractivity contribution in [2.45, 2.75) is 10.4 Å². The number of thiophene rings is 1. The minimum Gasteiger partial charge on any atom is -0.333 e. The van der Waals surface area contributed by atoms with Gasteiger partial charge in [-0.25, -0.2) is 4.98 Å². The lowest BCUT2D eigenvalue weighted by atomic mass is 10.2. The summed E-state index contributed by atoms with van der Waals surface area (Å²) >= 11 is 3.39. The molecule has 18 heavy (non-hydrogen) atoms. The predicted octanol–water partition coefficient (Wildman–Crippen LogP) is 3.42. The predicted molar refractivity (Wildman–Crippen MR) is 78.1 cm³/mol. The van der Waals surface area contributed by atoms with Crippen LogP contribution in [0.3, 0.4) is 0 Å². The molecular formula is C13H13N3S2. The van der Waals surface area contributed by atoms with E-state index in [2.05, 4.69) is 26.8 Å². The third-order valence-electron chi connectivity index (χ3n) is 2.75. The highest BCUT2D eigenvalue weighted by Crippen LogP contribution is 2.34. The summed E-state index contributed by atoms with van der Waals surface area (Å²) in [4.78, 5) is 7.89. The number of hydrogen-bond donors (Lipinski definition) is 2. The summed E-state index contributed by atoms with van der Waals surface area (Å²) in [5, 5.41) is 5.42. The molecule has 3 nitrogen and oxygen atoms in total. The van der Waals surface area contributed by atoms with Crippen molar-refractivity contribution in [3.05, 3.63) is 46.7 Å². The van der Waals surface area contributed by atoms with E-state index in [1.54, 1.807) is 23.1 Å². The molecule has 0 amide bonds. The number of nitrogens with two attached hydrogens (primary N) is 1. The van der Waals surface area contributed by atoms with Crippen LogP contribution in [0.25, 0.3) is 11.0 Å². The highest BCUT2D eigenvalue weighted by Gasteiger charge is 2.14. The Morgan fingerprint density at radius 1 is 1.33 bits per heavy atom. The van der Waals surface area contributed by atoms with Crippen LogP contribution < -0.4 is 5.73 Å². The molecule has 0 radical (unpaired) electrons. The van der Waals surface area contributed by atoms with Crippen molar-refractivity contribution in [3.63, 3.8) is 0 Å². The Labute approximate surface area is 113 Å². The van der Waals surface area contributed by atoms with Gasteiger partial charge in [-0.1, -0.05) is 23.9 Å². The van der Waals surface area contributed by atoms with Crippen LogP contribution in [0.5, 0.6) is 0 Å². The first-order chi connectivity index (χ1) is 8.86. The molecule has 3 rings (SSSR count). The number of benzene rings is 1. The lowest BCUT2D eigenvalue weighted by Gasteiger charge is -2.10. The summed E-state index contributed by atoms with van der Waals surface area (Å²) in [6, 6.07) is 10.2. The van der Waals surface area contributed by atoms with Gasteiger partial charge in [0, 0.05) is 6.54 Å². The molecule has 0 fully saturated rings. The molecule has 0 spiro atoms. The van der Waals surface area contributed by atoms with Crippen molar-refractivity contribution in [1.82, 2.24) is 9.97 Å². The van der Waals surface area contributed by atoms with Crippen molar-refractivity contribution in [2.24, 2.45) is 5.73 Å². The Morgan fingerprint density at radius 2 is 2.22 bits per heavy atom. The average molecular weight is 275 g/mol. The molecule has 0 aliphatic carbocycles. The minimum absolute atomic E-state index is 0.261. The maximum atomic E-state index is 5.85. The van der Waals surface area contributed by atoms with Crippen LogP contribution >= 0.6 is 23.1 Å². The Balaban J connectivity index is 1.86. The Hall–Kier alpha value is -1.30. The van der Waals surface area contributed by atoms with Crippen LogP contribution in [-0.4, -0.2) is 16.5 Å². The van der Waals surface area contributed by atoms with Gasteiger partial charge < -0.3 is 10.7 Å². The van der Waals surface area contributed by atoms with E-state index in [9.17, 15) is 0 Å². The Bertz CT molecular complexity index is 598. The van der Waals surface area contributed by atoms with Crippen molar-refractivity contribution < 1.29 is 0 Å². The van der Waals surface area contributed by atoms with E-state index in [1.165, 1.54) is 5.56 Å². The van der Waals surface area contributed by atoms with Gasteiger partial charge in [-0.05, 0) is 34.5 Å². The van der Waals surface area contributed by atoms with Crippen LogP contribution in [0.1, 0.15) is 10.8 Å². The third-order valence-corrected chi connectivity index (χ3v) is 4.62. The maximum Gasteiger partial charge on any atom is 0.167 e. The molecule has 0 aliphatic heterocycles. The Kier molecular flexibility index (Phi) is 3.36. The van der Waals surface area contributed by atoms with Gasteiger partial charge in [0.1, 0.15) is 0 Å². The number of aromatic nitrogens is 2. The molecule has 2 heterocycles. The molecule has 3 aromatic rings. The number of imidazole rings is 1. The number of nitrogens with zero attached hydrogens (tertiary/aromatic N) is 1. The van der Waals surface area contributed by atoms with Crippen LogP contribution in [0.15, 0.2) is 46.2 Å². The molecule has 0 saturated heterocycles. The molecule has 1 aromatic carbocycles. The Morgan fingerprint density at radius 3 is 2.94 bits per heavy atom. The topological polar surface area (TPSA) is 54.7 Å². The zero-order valence-electron chi connectivity index (χ0n) is 9.67. The van der Waals surface area contributed by atoms with Crippen molar-refractivity contribution in [1.29, 1.82) is 0 Å². The summed E-state index contributed by atoms with van der Waals surface area (Å²) in [5.74, 6) is 0. The number of aromatic amines is 1. The van der Waals surface area contributed by atoms with E-state index in [-0.39, 0.29) is 5.25 Å². The number of hydrogen-bond acceptors (Lipinski definition) is 4. The van der Waals surface area contributed by atoms with Crippen molar-refractivity contribution in [3.8, 4) is 0 Å². The largest absolute Gasteiger partial charge is 0.333 e. The quantitative estimate of drug-likeness (QED) is 0.717. The van der Waals surface area contributed by atoms with Crippen LogP contribution in [-0.2, 0) is 0 Å². The summed E-state index contributed by atoms with van der Waals surface area (Å²) in [7, 11) is 0. The molecule has 1 unspecified atom stereocenters. The number of rotatable bonds is 4. The standard InChI is InChI=1S/C13H13N3S2/c14-7-12(9-5-6-17-8-9)18-13-15-10-3-1-2-4-11(10)16-13/h1-6,8,12H,7,14H2,(H,15,16). The van der Waals surface area contributed by atoms with E-state index in [0.29, 0.717) is 6.54 Å². The van der Waals surface area contributed by atoms with Crippen molar-refractivity contribution in [2.75, 3.05) is 6.54 Å². The summed E-state index contributed by atoms with van der Waals surface area (Å²) in [5.41, 5.74) is 9.19. The van der Waals surface area contributed by atoms with Gasteiger partial charge in [0.15, 0.2) is 5.16 Å². The number of fused-ring (bicyclic) bond motifs is 1. The molecule has 1 atom stereocenters. The fourth-order valence-corrected chi connectivity index (χ4v) is 3.60. The fourth-order valence-electron chi connectivity index (χ4n) is 1.83. The van der Waals surface area contributed by atoms with E-state index in [0.717, 1.165) is 16.2 Å². The van der Waals surface area contributed by atoms with E-state index in [1.807, 2.05) is 24.3 Å². The van der Waals surface area contributed by atoms with E-state index < -0.39 is 0 Å². The van der Waals surface area contributed by atoms with Crippen LogP contribution in [0.2, 0.25) is 0 Å². The van der Waals surface area contributed by atoms with Gasteiger partial charge in [0.25, 0.3) is 0 Å². The lowest BCUT2D eigenvalue weighted by molar-refractivity contribution is 0.933. The zero-order chi connectivity index (χ0) is 12.4. The highest BCUT2D eigenvalue weighted by atomic mass is 32.2. The summed E-state index contributed by atoms with van der Waals surface area (Å²) in [6.45, 7) is 0.610.